The van der Waals surface area contributed by atoms with Gasteiger partial charge in [-0.25, -0.2) is 8.78 Å². The van der Waals surface area contributed by atoms with Crippen LogP contribution in [0.5, 0.6) is 0 Å². The van der Waals surface area contributed by atoms with Crippen LogP contribution in [0.25, 0.3) is 0 Å². The molecule has 2 unspecified atom stereocenters. The Morgan fingerprint density at radius 3 is 2.94 bits per heavy atom. The van der Waals surface area contributed by atoms with Gasteiger partial charge >= 0.3 is 0 Å². The van der Waals surface area contributed by atoms with Crippen LogP contribution < -0.4 is 5.32 Å². The van der Waals surface area contributed by atoms with E-state index in [9.17, 15) is 13.9 Å². The van der Waals surface area contributed by atoms with Crippen LogP contribution in [-0.2, 0) is 11.3 Å². The highest BCUT2D eigenvalue weighted by molar-refractivity contribution is 5.18. The van der Waals surface area contributed by atoms with Crippen LogP contribution >= 0.6 is 0 Å². The molecule has 0 aliphatic carbocycles. The van der Waals surface area contributed by atoms with Gasteiger partial charge in [-0.3, -0.25) is 0 Å². The monoisotopic (exact) mass is 257 g/mol. The predicted molar refractivity (Wildman–Crippen MR) is 63.0 cm³/mol. The summed E-state index contributed by atoms with van der Waals surface area (Å²) in [6, 6.07) is 4.06. The molecule has 5 heteroatoms. The average molecular weight is 257 g/mol. The topological polar surface area (TPSA) is 41.5 Å². The molecule has 1 fully saturated rings. The highest BCUT2D eigenvalue weighted by Crippen LogP contribution is 2.24. The van der Waals surface area contributed by atoms with Crippen molar-refractivity contribution in [3.05, 3.63) is 35.4 Å². The van der Waals surface area contributed by atoms with Crippen molar-refractivity contribution >= 4 is 0 Å². The molecule has 1 aromatic carbocycles. The van der Waals surface area contributed by atoms with Gasteiger partial charge < -0.3 is 15.2 Å². The molecule has 0 saturated carbocycles. The Labute approximate surface area is 105 Å². The summed E-state index contributed by atoms with van der Waals surface area (Å²) in [7, 11) is 0. The molecular formula is C13H17F2NO2. The van der Waals surface area contributed by atoms with Crippen LogP contribution in [0.4, 0.5) is 8.78 Å². The number of halogens is 2. The lowest BCUT2D eigenvalue weighted by molar-refractivity contribution is -0.0263. The zero-order valence-electron chi connectivity index (χ0n) is 10.2. The van der Waals surface area contributed by atoms with Gasteiger partial charge in [0.1, 0.15) is 5.60 Å². The summed E-state index contributed by atoms with van der Waals surface area (Å²) in [4.78, 5) is 0. The Morgan fingerprint density at radius 2 is 2.28 bits per heavy atom. The molecule has 100 valence electrons. The summed E-state index contributed by atoms with van der Waals surface area (Å²) in [6.45, 7) is 2.80. The molecule has 0 amide bonds. The highest BCUT2D eigenvalue weighted by atomic mass is 19.2. The lowest BCUT2D eigenvalue weighted by Crippen LogP contribution is -2.45. The molecule has 2 N–H and O–H groups in total. The molecule has 18 heavy (non-hydrogen) atoms. The van der Waals surface area contributed by atoms with E-state index in [-0.39, 0.29) is 18.2 Å². The lowest BCUT2D eigenvalue weighted by Gasteiger charge is -2.26. The van der Waals surface area contributed by atoms with Crippen LogP contribution in [0.1, 0.15) is 18.9 Å². The summed E-state index contributed by atoms with van der Waals surface area (Å²) in [5, 5.41) is 13.2. The number of aliphatic hydroxyl groups is 1. The molecule has 0 spiro atoms. The van der Waals surface area contributed by atoms with Crippen LogP contribution in [0.2, 0.25) is 0 Å². The number of hydrogen-bond acceptors (Lipinski definition) is 3. The minimum absolute atomic E-state index is 0.179. The zero-order valence-corrected chi connectivity index (χ0v) is 10.2. The molecule has 1 aromatic rings. The van der Waals surface area contributed by atoms with E-state index in [0.29, 0.717) is 19.6 Å². The van der Waals surface area contributed by atoms with Crippen molar-refractivity contribution in [1.29, 1.82) is 0 Å². The number of benzene rings is 1. The van der Waals surface area contributed by atoms with Crippen LogP contribution in [0.15, 0.2) is 18.2 Å². The minimum atomic E-state index is -0.927. The van der Waals surface area contributed by atoms with E-state index in [2.05, 4.69) is 5.32 Å². The molecule has 3 nitrogen and oxygen atoms in total. The molecule has 0 aromatic heterocycles. The molecule has 2 rings (SSSR count). The number of rotatable bonds is 4. The second-order valence-electron chi connectivity index (χ2n) is 4.68. The third kappa shape index (κ3) is 2.68. The van der Waals surface area contributed by atoms with E-state index in [0.717, 1.165) is 6.07 Å². The fraction of sp³-hybridized carbons (Fsp3) is 0.538. The van der Waals surface area contributed by atoms with E-state index in [1.807, 2.05) is 0 Å². The number of nitrogens with one attached hydrogen (secondary N) is 1. The van der Waals surface area contributed by atoms with E-state index in [4.69, 9.17) is 4.74 Å². The van der Waals surface area contributed by atoms with Crippen molar-refractivity contribution in [3.8, 4) is 0 Å². The van der Waals surface area contributed by atoms with E-state index < -0.39 is 17.2 Å². The Kier molecular flexibility index (Phi) is 3.94. The fourth-order valence-corrected chi connectivity index (χ4v) is 2.10. The standard InChI is InChI=1S/C13H17F2NO2/c1-9-13(17,5-6-18-9)8-16-7-10-3-2-4-11(14)12(10)15/h2-4,9,16-17H,5-8H2,1H3. The van der Waals surface area contributed by atoms with Crippen LogP contribution in [0, 0.1) is 11.6 Å². The van der Waals surface area contributed by atoms with Crippen molar-refractivity contribution < 1.29 is 18.6 Å². The second kappa shape index (κ2) is 5.30. The smallest absolute Gasteiger partial charge is 0.163 e. The summed E-state index contributed by atoms with van der Waals surface area (Å²) >= 11 is 0. The Morgan fingerprint density at radius 1 is 1.50 bits per heavy atom. The van der Waals surface area contributed by atoms with Gasteiger partial charge in [0.25, 0.3) is 0 Å². The molecule has 0 radical (unpaired) electrons. The number of ether oxygens (including phenoxy) is 1. The number of hydrogen-bond donors (Lipinski definition) is 2. The van der Waals surface area contributed by atoms with Gasteiger partial charge in [0, 0.05) is 31.7 Å². The molecule has 2 atom stereocenters. The molecule has 1 saturated heterocycles. The summed E-state index contributed by atoms with van der Waals surface area (Å²) in [6.07, 6.45) is 0.301. The molecule has 1 aliphatic heterocycles. The Hall–Kier alpha value is -1.04. The van der Waals surface area contributed by atoms with Gasteiger partial charge in [-0.15, -0.1) is 0 Å². The Balaban J connectivity index is 1.91. The first kappa shape index (κ1) is 13.4. The summed E-state index contributed by atoms with van der Waals surface area (Å²) in [5.74, 6) is -1.70. The van der Waals surface area contributed by atoms with Gasteiger partial charge in [0.2, 0.25) is 0 Å². The summed E-state index contributed by atoms with van der Waals surface area (Å²) < 4.78 is 31.6. The van der Waals surface area contributed by atoms with Crippen molar-refractivity contribution in [2.75, 3.05) is 13.2 Å². The first-order valence-corrected chi connectivity index (χ1v) is 6.00. The van der Waals surface area contributed by atoms with Gasteiger partial charge in [0.15, 0.2) is 11.6 Å². The van der Waals surface area contributed by atoms with Gasteiger partial charge in [-0.2, -0.15) is 0 Å². The normalized spacial score (nSPS) is 27.7. The third-order valence-corrected chi connectivity index (χ3v) is 3.44. The maximum Gasteiger partial charge on any atom is 0.163 e. The van der Waals surface area contributed by atoms with E-state index >= 15 is 0 Å². The Bertz CT molecular complexity index is 427. The van der Waals surface area contributed by atoms with Gasteiger partial charge in [-0.1, -0.05) is 12.1 Å². The average Bonchev–Trinajstić information content (AvgIpc) is 2.65. The fourth-order valence-electron chi connectivity index (χ4n) is 2.10. The summed E-state index contributed by atoms with van der Waals surface area (Å²) in [5.41, 5.74) is -0.672. The lowest BCUT2D eigenvalue weighted by atomic mass is 9.96. The van der Waals surface area contributed by atoms with E-state index in [1.54, 1.807) is 6.92 Å². The highest BCUT2D eigenvalue weighted by Gasteiger charge is 2.38. The minimum Gasteiger partial charge on any atom is -0.386 e. The van der Waals surface area contributed by atoms with Gasteiger partial charge in [0.05, 0.1) is 6.10 Å². The first-order valence-electron chi connectivity index (χ1n) is 6.00. The zero-order chi connectivity index (χ0) is 13.2. The van der Waals surface area contributed by atoms with Crippen molar-refractivity contribution in [2.24, 2.45) is 0 Å². The SMILES string of the molecule is CC1OCCC1(O)CNCc1cccc(F)c1F. The molecule has 1 heterocycles. The van der Waals surface area contributed by atoms with Crippen LogP contribution in [0.3, 0.4) is 0 Å². The van der Waals surface area contributed by atoms with Crippen LogP contribution in [-0.4, -0.2) is 30.0 Å². The second-order valence-corrected chi connectivity index (χ2v) is 4.68. The molecule has 0 bridgehead atoms. The largest absolute Gasteiger partial charge is 0.386 e. The first-order chi connectivity index (χ1) is 8.53. The maximum absolute atomic E-state index is 13.4. The van der Waals surface area contributed by atoms with Crippen molar-refractivity contribution in [1.82, 2.24) is 5.32 Å². The quantitative estimate of drug-likeness (QED) is 0.860. The van der Waals surface area contributed by atoms with E-state index in [1.165, 1.54) is 12.1 Å². The predicted octanol–water partition coefficient (Wildman–Crippen LogP) is 1.59. The maximum atomic E-state index is 13.4. The third-order valence-electron chi connectivity index (χ3n) is 3.44. The van der Waals surface area contributed by atoms with Crippen molar-refractivity contribution in [2.45, 2.75) is 31.6 Å². The van der Waals surface area contributed by atoms with Gasteiger partial charge in [-0.05, 0) is 13.0 Å². The molecular weight excluding hydrogens is 240 g/mol. The van der Waals surface area contributed by atoms with Crippen molar-refractivity contribution in [3.63, 3.8) is 0 Å². The molecule has 1 aliphatic rings.